The van der Waals surface area contributed by atoms with E-state index in [4.69, 9.17) is 0 Å². The third-order valence-corrected chi connectivity index (χ3v) is 4.08. The van der Waals surface area contributed by atoms with Gasteiger partial charge in [0.25, 0.3) is 0 Å². The van der Waals surface area contributed by atoms with E-state index >= 15 is 0 Å². The molecule has 0 aliphatic carbocycles. The molecule has 4 rings (SSSR count). The first kappa shape index (κ1) is 15.2. The van der Waals surface area contributed by atoms with Crippen LogP contribution in [0.2, 0.25) is 0 Å². The predicted octanol–water partition coefficient (Wildman–Crippen LogP) is 3.41. The van der Waals surface area contributed by atoms with E-state index in [0.717, 1.165) is 22.6 Å². The molecule has 0 fully saturated rings. The number of phenolic OH excluding ortho intramolecular Hbond substituents is 1. The Kier molecular flexibility index (Phi) is 4.04. The number of para-hydroxylation sites is 1. The summed E-state index contributed by atoms with van der Waals surface area (Å²) in [5.41, 5.74) is 3.18. The first-order valence-corrected chi connectivity index (χ1v) is 8.15. The lowest BCUT2D eigenvalue weighted by molar-refractivity contribution is 0.474. The van der Waals surface area contributed by atoms with Gasteiger partial charge in [0.05, 0.1) is 11.9 Å². The van der Waals surface area contributed by atoms with Gasteiger partial charge < -0.3 is 9.67 Å². The van der Waals surface area contributed by atoms with Crippen molar-refractivity contribution in [1.82, 2.24) is 19.3 Å². The van der Waals surface area contributed by atoms with Gasteiger partial charge in [-0.15, -0.1) is 0 Å². The number of nitrogens with zero attached hydrogens (tertiary/aromatic N) is 4. The van der Waals surface area contributed by atoms with Crippen LogP contribution in [0.1, 0.15) is 17.0 Å². The van der Waals surface area contributed by atoms with Crippen LogP contribution in [0.15, 0.2) is 79.4 Å². The number of aromatic nitrogens is 4. The van der Waals surface area contributed by atoms with Gasteiger partial charge in [0.15, 0.2) is 0 Å². The average Bonchev–Trinajstić information content (AvgIpc) is 3.26. The third kappa shape index (κ3) is 3.45. The molecule has 4 aromatic rings. The maximum atomic E-state index is 9.62. The molecule has 0 saturated heterocycles. The smallest absolute Gasteiger partial charge is 0.115 e. The molecule has 2 aromatic heterocycles. The Morgan fingerprint density at radius 1 is 0.960 bits per heavy atom. The first-order valence-electron chi connectivity index (χ1n) is 8.15. The van der Waals surface area contributed by atoms with Crippen LogP contribution in [0.3, 0.4) is 0 Å². The molecular weight excluding hydrogens is 312 g/mol. The molecule has 5 nitrogen and oxygen atoms in total. The fourth-order valence-electron chi connectivity index (χ4n) is 2.86. The SMILES string of the molecule is Oc1cccc(Cn2ccnc2Cc2cnn(-c3ccccc3)c2)c1. The zero-order chi connectivity index (χ0) is 17.1. The fourth-order valence-corrected chi connectivity index (χ4v) is 2.86. The molecular formula is C20H18N4O. The Labute approximate surface area is 145 Å². The van der Waals surface area contributed by atoms with Gasteiger partial charge in [-0.3, -0.25) is 0 Å². The number of phenols is 1. The van der Waals surface area contributed by atoms with E-state index in [1.807, 2.05) is 65.7 Å². The fraction of sp³-hybridized carbons (Fsp3) is 0.100. The molecule has 25 heavy (non-hydrogen) atoms. The molecule has 0 amide bonds. The Balaban J connectivity index is 1.53. The second kappa shape index (κ2) is 6.65. The molecule has 0 saturated carbocycles. The maximum Gasteiger partial charge on any atom is 0.115 e. The largest absolute Gasteiger partial charge is 0.508 e. The van der Waals surface area contributed by atoms with Gasteiger partial charge >= 0.3 is 0 Å². The third-order valence-electron chi connectivity index (χ3n) is 4.08. The van der Waals surface area contributed by atoms with Crippen LogP contribution in [-0.4, -0.2) is 24.4 Å². The summed E-state index contributed by atoms with van der Waals surface area (Å²) in [4.78, 5) is 4.48. The van der Waals surface area contributed by atoms with Gasteiger partial charge in [0.1, 0.15) is 11.6 Å². The van der Waals surface area contributed by atoms with Crippen molar-refractivity contribution in [2.24, 2.45) is 0 Å². The van der Waals surface area contributed by atoms with E-state index in [1.54, 1.807) is 18.3 Å². The minimum atomic E-state index is 0.281. The Morgan fingerprint density at radius 3 is 2.68 bits per heavy atom. The summed E-state index contributed by atoms with van der Waals surface area (Å²) in [6, 6.07) is 17.3. The molecule has 0 unspecified atom stereocenters. The molecule has 0 aliphatic rings. The predicted molar refractivity (Wildman–Crippen MR) is 95.8 cm³/mol. The first-order chi connectivity index (χ1) is 12.3. The van der Waals surface area contributed by atoms with Crippen molar-refractivity contribution in [3.63, 3.8) is 0 Å². The van der Waals surface area contributed by atoms with Crippen molar-refractivity contribution in [2.75, 3.05) is 0 Å². The lowest BCUT2D eigenvalue weighted by atomic mass is 10.2. The highest BCUT2D eigenvalue weighted by atomic mass is 16.3. The molecule has 0 spiro atoms. The topological polar surface area (TPSA) is 55.9 Å². The standard InChI is InChI=1S/C20H18N4O/c25-19-8-4-5-16(11-19)14-23-10-9-21-20(23)12-17-13-22-24(15-17)18-6-2-1-3-7-18/h1-11,13,15,25H,12,14H2. The van der Waals surface area contributed by atoms with Gasteiger partial charge in [-0.2, -0.15) is 5.10 Å². The zero-order valence-corrected chi connectivity index (χ0v) is 13.7. The molecule has 2 aromatic carbocycles. The zero-order valence-electron chi connectivity index (χ0n) is 13.7. The molecule has 0 aliphatic heterocycles. The normalized spacial score (nSPS) is 10.9. The van der Waals surface area contributed by atoms with Crippen LogP contribution in [0, 0.1) is 0 Å². The summed E-state index contributed by atoms with van der Waals surface area (Å²) in [7, 11) is 0. The number of benzene rings is 2. The van der Waals surface area contributed by atoms with Gasteiger partial charge in [0.2, 0.25) is 0 Å². The highest BCUT2D eigenvalue weighted by Crippen LogP contribution is 2.15. The molecule has 0 atom stereocenters. The van der Waals surface area contributed by atoms with E-state index in [-0.39, 0.29) is 5.75 Å². The summed E-state index contributed by atoms with van der Waals surface area (Å²) < 4.78 is 3.96. The van der Waals surface area contributed by atoms with E-state index < -0.39 is 0 Å². The van der Waals surface area contributed by atoms with Gasteiger partial charge in [0, 0.05) is 31.6 Å². The molecule has 0 bridgehead atoms. The molecule has 5 heteroatoms. The lowest BCUT2D eigenvalue weighted by Gasteiger charge is -2.07. The highest BCUT2D eigenvalue weighted by molar-refractivity contribution is 5.31. The Bertz CT molecular complexity index is 972. The summed E-state index contributed by atoms with van der Waals surface area (Å²) in [5.74, 6) is 1.25. The molecule has 124 valence electrons. The van der Waals surface area contributed by atoms with E-state index in [9.17, 15) is 5.11 Å². The van der Waals surface area contributed by atoms with Crippen molar-refractivity contribution in [2.45, 2.75) is 13.0 Å². The minimum Gasteiger partial charge on any atom is -0.508 e. The van der Waals surface area contributed by atoms with Crippen molar-refractivity contribution in [3.05, 3.63) is 96.3 Å². The minimum absolute atomic E-state index is 0.281. The van der Waals surface area contributed by atoms with Crippen LogP contribution >= 0.6 is 0 Å². The quantitative estimate of drug-likeness (QED) is 0.610. The molecule has 0 radical (unpaired) electrons. The number of hydrogen-bond donors (Lipinski definition) is 1. The average molecular weight is 330 g/mol. The number of rotatable bonds is 5. The van der Waals surface area contributed by atoms with Crippen molar-refractivity contribution in [1.29, 1.82) is 0 Å². The van der Waals surface area contributed by atoms with Crippen LogP contribution in [0.5, 0.6) is 5.75 Å². The van der Waals surface area contributed by atoms with Crippen LogP contribution in [-0.2, 0) is 13.0 Å². The summed E-state index contributed by atoms with van der Waals surface area (Å²) in [6.07, 6.45) is 8.38. The Morgan fingerprint density at radius 2 is 1.84 bits per heavy atom. The van der Waals surface area contributed by atoms with Gasteiger partial charge in [-0.05, 0) is 35.4 Å². The van der Waals surface area contributed by atoms with E-state index in [0.29, 0.717) is 13.0 Å². The van der Waals surface area contributed by atoms with E-state index in [2.05, 4.69) is 14.6 Å². The van der Waals surface area contributed by atoms with Crippen molar-refractivity contribution >= 4 is 0 Å². The number of imidazole rings is 1. The second-order valence-electron chi connectivity index (χ2n) is 5.95. The summed E-state index contributed by atoms with van der Waals surface area (Å²) in [5, 5.41) is 14.1. The second-order valence-corrected chi connectivity index (χ2v) is 5.95. The van der Waals surface area contributed by atoms with Gasteiger partial charge in [-0.25, -0.2) is 9.67 Å². The van der Waals surface area contributed by atoms with E-state index in [1.165, 1.54) is 0 Å². The number of aromatic hydroxyl groups is 1. The van der Waals surface area contributed by atoms with Gasteiger partial charge in [-0.1, -0.05) is 30.3 Å². The summed E-state index contributed by atoms with van der Waals surface area (Å²) in [6.45, 7) is 0.677. The maximum absolute atomic E-state index is 9.62. The van der Waals surface area contributed by atoms with Crippen molar-refractivity contribution in [3.8, 4) is 11.4 Å². The summed E-state index contributed by atoms with van der Waals surface area (Å²) >= 11 is 0. The monoisotopic (exact) mass is 330 g/mol. The van der Waals surface area contributed by atoms with Crippen LogP contribution in [0.4, 0.5) is 0 Å². The molecule has 2 heterocycles. The lowest BCUT2D eigenvalue weighted by Crippen LogP contribution is -2.04. The molecule has 1 N–H and O–H groups in total. The van der Waals surface area contributed by atoms with Crippen molar-refractivity contribution < 1.29 is 5.11 Å². The number of hydrogen-bond acceptors (Lipinski definition) is 3. The van der Waals surface area contributed by atoms with Crippen LogP contribution < -0.4 is 0 Å². The highest BCUT2D eigenvalue weighted by Gasteiger charge is 2.08. The van der Waals surface area contributed by atoms with Crippen LogP contribution in [0.25, 0.3) is 5.69 Å². The Hall–Kier alpha value is -3.34.